The highest BCUT2D eigenvalue weighted by Crippen LogP contribution is 2.41. The van der Waals surface area contributed by atoms with E-state index in [9.17, 15) is 97.5 Å². The van der Waals surface area contributed by atoms with E-state index < -0.39 is 187 Å². The maximum absolute atomic E-state index is 14.6. The van der Waals surface area contributed by atoms with Crippen molar-refractivity contribution in [3.05, 3.63) is 112 Å². The monoisotopic (exact) mass is 1830 g/mol. The summed E-state index contributed by atoms with van der Waals surface area (Å²) in [6.45, 7) is 12.7. The van der Waals surface area contributed by atoms with Gasteiger partial charge < -0.3 is 123 Å². The summed E-state index contributed by atoms with van der Waals surface area (Å²) in [4.78, 5) is 223. The molecule has 9 rings (SSSR count). The van der Waals surface area contributed by atoms with Crippen LogP contribution in [0.4, 0.5) is 27.8 Å². The minimum atomic E-state index is -2.21. The number of carboxylic acid groups (broad SMARTS) is 5. The van der Waals surface area contributed by atoms with Gasteiger partial charge >= 0.3 is 35.9 Å². The summed E-state index contributed by atoms with van der Waals surface area (Å²) in [5.41, 5.74) is 20.3. The van der Waals surface area contributed by atoms with Gasteiger partial charge in [-0.1, -0.05) is 59.7 Å². The number of aliphatic carboxylic acids is 5. The molecule has 0 bridgehead atoms. The van der Waals surface area contributed by atoms with Crippen molar-refractivity contribution in [2.24, 2.45) is 16.6 Å². The standard InChI is InChI=1S/C81H102N20O26S2/c1-39(2)61(37-127-81(121)99-19-22-126-76(99)56-24-41(4)36-101(56)74(115)46-25-57(122-5)59(27-48(46)82)124-20-8-7-9-21-125-60-28-51-47(26-58(60)123-6)75(116)100-35-40(3)23-45(100)34-88-51)129-128-38-55(78(119)120)96-72(113)54(31-65(107)108)95-71(112)53(30-64(105)106)94-69(110)49(11-10-18-86-79(83)84)92-70(111)52(29-63(103)104)91-62(102)17-16-50(77(117)118)93-68(109)42-12-14-43(15-13-42)87-32-44-33-89-67-66(90-44)73(114)98-80(85)97-67/h12-15,25-28,33-34,39,45,49-50,52-56,61,76,87H,3-4,7-11,16-24,29-32,35-38,82H2,1-2,5-6H3,(H,91,102)(H,92,111)(H,93,109)(H,94,110)(H,95,112)(H,96,113)(H,103,104)(H,105,106)(H,107,108)(H,117,118)(H,119,120)(H4,83,84,86)(H3,85,89,97,98,114)/t45-,49-,50-,52-,53-,54-,55-,56-,61+,76?/m0/s1. The molecule has 3 aromatic carbocycles. The fraction of sp³-hybridized carbons (Fsp3) is 0.457. The number of amides is 9. The molecular weight excluding hydrogens is 1730 g/mol. The smallest absolute Gasteiger partial charge is 0.412 e. The number of H-pyrrole nitrogens is 1. The molecule has 0 radical (unpaired) electrons. The van der Waals surface area contributed by atoms with Crippen LogP contribution < -0.4 is 84.2 Å². The number of anilines is 3. The van der Waals surface area contributed by atoms with Crippen molar-refractivity contribution < 1.29 is 121 Å². The molecule has 4 aliphatic rings. The molecule has 3 saturated heterocycles. The number of guanidine groups is 1. The highest BCUT2D eigenvalue weighted by molar-refractivity contribution is 8.77. The number of carbonyl (C=O) groups is 14. The van der Waals surface area contributed by atoms with Gasteiger partial charge in [-0.2, -0.15) is 4.98 Å². The summed E-state index contributed by atoms with van der Waals surface area (Å²) in [5, 5.41) is 75.4. The highest BCUT2D eigenvalue weighted by atomic mass is 33.1. The van der Waals surface area contributed by atoms with Gasteiger partial charge in [0.1, 0.15) is 42.9 Å². The summed E-state index contributed by atoms with van der Waals surface area (Å²) < 4.78 is 35.4. The second-order valence-electron chi connectivity index (χ2n) is 30.5. The summed E-state index contributed by atoms with van der Waals surface area (Å²) >= 11 is 0. The van der Waals surface area contributed by atoms with Gasteiger partial charge in [0.15, 0.2) is 46.3 Å². The zero-order valence-electron chi connectivity index (χ0n) is 70.6. The second-order valence-corrected chi connectivity index (χ2v) is 33.2. The summed E-state index contributed by atoms with van der Waals surface area (Å²) in [5.74, 6) is -16.7. The first-order valence-electron chi connectivity index (χ1n) is 40.5. The van der Waals surface area contributed by atoms with Crippen molar-refractivity contribution in [3.63, 3.8) is 0 Å². The number of carbonyl (C=O) groups excluding carboxylic acids is 9. The van der Waals surface area contributed by atoms with Crippen LogP contribution in [0.1, 0.15) is 128 Å². The molecular formula is C81H102N20O26S2. The van der Waals surface area contributed by atoms with Gasteiger partial charge in [-0.25, -0.2) is 24.4 Å². The SMILES string of the molecule is C=C1C[C@H]2C=Nc3cc(OCCCCCOc4cc(N)c(C(=O)N5CC(=C)C[C@H]5C5OCCN5C(=O)OC[C@@H](SSC[C@H](NC(=O)[C@H](CC(=O)O)NC(=O)[C@H](CC(=O)O)NC(=O)[C@H](CCCNC(=N)N)NC(=O)[C@H](CC(=O)O)NC(=O)CC[C@H](NC(=O)c5ccc(NCc6cnc7nc(N)[nH]c(=O)c7n6)cc5)C(=O)O)C(=O)O)C(C)C)cc4OC)c(OC)cc3C(=O)N2C1. The van der Waals surface area contributed by atoms with E-state index in [1.165, 1.54) is 66.6 Å². The molecule has 2 aromatic heterocycles. The lowest BCUT2D eigenvalue weighted by atomic mass is 10.1. The number of benzene rings is 3. The molecule has 9 amide bonds. The number of aliphatic imine (C=N–C) groups is 1. The Morgan fingerprint density at radius 1 is 0.690 bits per heavy atom. The third-order valence-corrected chi connectivity index (χ3v) is 23.7. The molecule has 0 saturated carbocycles. The van der Waals surface area contributed by atoms with E-state index in [-0.39, 0.29) is 116 Å². The van der Waals surface area contributed by atoms with E-state index in [0.717, 1.165) is 27.2 Å². The first kappa shape index (κ1) is 98.7. The van der Waals surface area contributed by atoms with Crippen LogP contribution in [0.15, 0.2) is 88.8 Å². The van der Waals surface area contributed by atoms with Gasteiger partial charge in [-0.15, -0.1) is 0 Å². The van der Waals surface area contributed by atoms with Crippen LogP contribution in [-0.2, 0) is 64.0 Å². The van der Waals surface area contributed by atoms with Crippen LogP contribution in [0.25, 0.3) is 11.2 Å². The van der Waals surface area contributed by atoms with E-state index in [0.29, 0.717) is 84.3 Å². The topological polar surface area (TPSA) is 687 Å². The number of hydrogen-bond acceptors (Lipinski definition) is 31. The Hall–Kier alpha value is -14.1. The number of hydrogen-bond donors (Lipinski definition) is 18. The van der Waals surface area contributed by atoms with Crippen LogP contribution in [0, 0.1) is 11.3 Å². The predicted molar refractivity (Wildman–Crippen MR) is 464 cm³/mol. The second kappa shape index (κ2) is 46.4. The zero-order valence-corrected chi connectivity index (χ0v) is 72.2. The molecule has 10 atom stereocenters. The molecule has 694 valence electrons. The molecule has 5 aromatic rings. The van der Waals surface area contributed by atoms with Crippen LogP contribution in [0.2, 0.25) is 0 Å². The fourth-order valence-electron chi connectivity index (χ4n) is 13.9. The molecule has 3 fully saturated rings. The Kier molecular flexibility index (Phi) is 35.5. The molecule has 1 unspecified atom stereocenters. The Balaban J connectivity index is 0.743. The number of carboxylic acids is 5. The quantitative estimate of drug-likeness (QED) is 0.00654. The number of fused-ring (bicyclic) bond motifs is 3. The third-order valence-electron chi connectivity index (χ3n) is 20.6. The van der Waals surface area contributed by atoms with E-state index in [1.807, 2.05) is 5.32 Å². The number of rotatable bonds is 48. The number of aromatic amines is 1. The van der Waals surface area contributed by atoms with Gasteiger partial charge in [0.25, 0.3) is 23.3 Å². The number of methoxy groups -OCH3 is 2. The van der Waals surface area contributed by atoms with E-state index >= 15 is 0 Å². The number of likely N-dealkylation sites (tertiary alicyclic amines) is 1. The number of aromatic nitrogens is 4. The van der Waals surface area contributed by atoms with Crippen LogP contribution >= 0.6 is 21.6 Å². The average molecular weight is 1840 g/mol. The third kappa shape index (κ3) is 28.0. The number of nitrogen functional groups attached to an aromatic ring is 2. The normalized spacial score (nSPS) is 16.7. The first-order valence-corrected chi connectivity index (χ1v) is 42.9. The maximum Gasteiger partial charge on any atom is 0.412 e. The highest BCUT2D eigenvalue weighted by Gasteiger charge is 2.46. The Bertz CT molecular complexity index is 5180. The van der Waals surface area contributed by atoms with Gasteiger partial charge in [0.2, 0.25) is 35.5 Å². The summed E-state index contributed by atoms with van der Waals surface area (Å²) in [6, 6.07) is -0.803. The minimum absolute atomic E-state index is 0.0257. The first-order chi connectivity index (χ1) is 61.4. The van der Waals surface area contributed by atoms with E-state index in [4.69, 9.17) is 51.0 Å². The Labute approximate surface area is 744 Å². The van der Waals surface area contributed by atoms with Crippen molar-refractivity contribution in [2.45, 2.75) is 157 Å². The zero-order chi connectivity index (χ0) is 94.0. The Morgan fingerprint density at radius 3 is 1.90 bits per heavy atom. The molecule has 21 N–H and O–H groups in total. The van der Waals surface area contributed by atoms with Gasteiger partial charge in [0.05, 0.1) is 112 Å². The molecule has 0 aliphatic carbocycles. The molecule has 6 heterocycles. The van der Waals surface area contributed by atoms with Crippen molar-refractivity contribution in [1.29, 1.82) is 5.41 Å². The lowest BCUT2D eigenvalue weighted by Gasteiger charge is -2.33. The van der Waals surface area contributed by atoms with Crippen LogP contribution in [-0.4, -0.2) is 288 Å². The lowest BCUT2D eigenvalue weighted by molar-refractivity contribution is -0.144. The number of unbranched alkanes of at least 4 members (excludes halogenated alkanes) is 2. The van der Waals surface area contributed by atoms with Gasteiger partial charge in [-0.3, -0.25) is 77.8 Å². The molecule has 0 spiro atoms. The maximum atomic E-state index is 14.6. The molecule has 46 nitrogen and oxygen atoms in total. The predicted octanol–water partition coefficient (Wildman–Crippen LogP) is 1.45. The summed E-state index contributed by atoms with van der Waals surface area (Å²) in [6.07, 6.45) is -1.55. The fourth-order valence-corrected chi connectivity index (χ4v) is 16.8. The molecule has 129 heavy (non-hydrogen) atoms. The Morgan fingerprint density at radius 2 is 1.29 bits per heavy atom. The van der Waals surface area contributed by atoms with E-state index in [1.54, 1.807) is 37.1 Å². The minimum Gasteiger partial charge on any atom is -0.493 e. The van der Waals surface area contributed by atoms with Crippen LogP contribution in [0.5, 0.6) is 23.0 Å². The van der Waals surface area contributed by atoms with Crippen molar-refractivity contribution in [3.8, 4) is 23.0 Å². The van der Waals surface area contributed by atoms with Crippen molar-refractivity contribution in [1.82, 2.24) is 71.9 Å². The number of nitrogens with two attached hydrogens (primary N) is 3. The van der Waals surface area contributed by atoms with E-state index in [2.05, 4.69) is 75.3 Å². The van der Waals surface area contributed by atoms with Crippen LogP contribution in [0.3, 0.4) is 0 Å². The number of ether oxygens (including phenoxy) is 6. The van der Waals surface area contributed by atoms with Crippen molar-refractivity contribution >= 4 is 151 Å². The molecule has 48 heteroatoms. The number of nitrogens with zero attached hydrogens (tertiary/aromatic N) is 7. The van der Waals surface area contributed by atoms with Crippen molar-refractivity contribution in [2.75, 3.05) is 89.4 Å². The number of nitrogens with one attached hydrogen (secondary N) is 10. The average Bonchev–Trinajstić information content (AvgIpc) is 1.63. The largest absolute Gasteiger partial charge is 0.493 e. The van der Waals surface area contributed by atoms with Gasteiger partial charge in [0, 0.05) is 67.1 Å². The van der Waals surface area contributed by atoms with Gasteiger partial charge in [-0.05, 0) is 93.7 Å². The lowest BCUT2D eigenvalue weighted by Crippen LogP contribution is -2.59. The molecule has 4 aliphatic heterocycles. The summed E-state index contributed by atoms with van der Waals surface area (Å²) in [7, 11) is 4.90.